The Morgan fingerprint density at radius 1 is 1.09 bits per heavy atom. The van der Waals surface area contributed by atoms with Crippen LogP contribution in [0, 0.1) is 12.8 Å². The number of hydrogen-bond acceptors (Lipinski definition) is 3. The lowest BCUT2D eigenvalue weighted by Gasteiger charge is -2.38. The van der Waals surface area contributed by atoms with Crippen molar-refractivity contribution in [2.24, 2.45) is 10.9 Å². The topological polar surface area (TPSA) is 48.9 Å². The Bertz CT molecular complexity index is 883. The van der Waals surface area contributed by atoms with E-state index in [1.54, 1.807) is 0 Å². The molecule has 0 aliphatic carbocycles. The molecule has 2 aromatic rings. The molecule has 2 aromatic carbocycles. The number of nitrogens with one attached hydrogen (secondary N) is 2. The molecule has 2 saturated heterocycles. The predicted molar refractivity (Wildman–Crippen MR) is 136 cm³/mol. The maximum atomic E-state index is 6.20. The van der Waals surface area contributed by atoms with Crippen molar-refractivity contribution in [1.29, 1.82) is 0 Å². The summed E-state index contributed by atoms with van der Waals surface area (Å²) in [7, 11) is 1.87. The van der Waals surface area contributed by atoms with Crippen LogP contribution in [0.4, 0.5) is 0 Å². The number of ether oxygens (including phenoxy) is 1. The van der Waals surface area contributed by atoms with Crippen molar-refractivity contribution in [3.05, 3.63) is 71.3 Å². The lowest BCUT2D eigenvalue weighted by atomic mass is 9.89. The highest BCUT2D eigenvalue weighted by Gasteiger charge is 2.29. The molecule has 4 unspecified atom stereocenters. The first-order valence-corrected chi connectivity index (χ1v) is 12.6. The van der Waals surface area contributed by atoms with Crippen LogP contribution >= 0.6 is 0 Å². The minimum Gasteiger partial charge on any atom is -0.373 e. The SMILES string of the molecule is CN=C(NCC1CCCOC1c1ccc(C)cc1)NC1CCN(Cc2ccccc2)C(C)C1. The second kappa shape index (κ2) is 11.7. The van der Waals surface area contributed by atoms with E-state index in [9.17, 15) is 0 Å². The summed E-state index contributed by atoms with van der Waals surface area (Å²) in [6.07, 6.45) is 4.73. The molecule has 33 heavy (non-hydrogen) atoms. The minimum absolute atomic E-state index is 0.159. The molecule has 0 bridgehead atoms. The van der Waals surface area contributed by atoms with Crippen LogP contribution in [0.15, 0.2) is 59.6 Å². The summed E-state index contributed by atoms with van der Waals surface area (Å²) < 4.78 is 6.20. The molecular weight excluding hydrogens is 408 g/mol. The van der Waals surface area contributed by atoms with E-state index in [0.29, 0.717) is 18.0 Å². The van der Waals surface area contributed by atoms with Gasteiger partial charge in [-0.1, -0.05) is 60.2 Å². The van der Waals surface area contributed by atoms with Gasteiger partial charge in [-0.05, 0) is 50.7 Å². The van der Waals surface area contributed by atoms with Crippen molar-refractivity contribution in [3.8, 4) is 0 Å². The first-order chi connectivity index (χ1) is 16.1. The third-order valence-electron chi connectivity index (χ3n) is 7.19. The van der Waals surface area contributed by atoms with Gasteiger partial charge in [-0.3, -0.25) is 9.89 Å². The van der Waals surface area contributed by atoms with E-state index >= 15 is 0 Å². The van der Waals surface area contributed by atoms with Crippen LogP contribution in [0.3, 0.4) is 0 Å². The Labute approximate surface area is 199 Å². The summed E-state index contributed by atoms with van der Waals surface area (Å²) in [6.45, 7) is 8.34. The second-order valence-electron chi connectivity index (χ2n) is 9.73. The maximum absolute atomic E-state index is 6.20. The zero-order valence-electron chi connectivity index (χ0n) is 20.5. The van der Waals surface area contributed by atoms with Gasteiger partial charge in [0.1, 0.15) is 0 Å². The monoisotopic (exact) mass is 448 g/mol. The van der Waals surface area contributed by atoms with Crippen LogP contribution in [0.2, 0.25) is 0 Å². The highest BCUT2D eigenvalue weighted by atomic mass is 16.5. The van der Waals surface area contributed by atoms with E-state index in [2.05, 4.69) is 89.0 Å². The molecule has 5 heteroatoms. The largest absolute Gasteiger partial charge is 0.373 e. The summed E-state index contributed by atoms with van der Waals surface area (Å²) in [4.78, 5) is 7.12. The molecule has 0 spiro atoms. The molecule has 2 aliphatic heterocycles. The number of guanidine groups is 1. The van der Waals surface area contributed by atoms with Crippen molar-refractivity contribution >= 4 is 5.96 Å². The van der Waals surface area contributed by atoms with Gasteiger partial charge in [-0.25, -0.2) is 0 Å². The van der Waals surface area contributed by atoms with E-state index in [0.717, 1.165) is 51.5 Å². The molecule has 0 amide bonds. The maximum Gasteiger partial charge on any atom is 0.191 e. The summed E-state index contributed by atoms with van der Waals surface area (Å²) in [5.41, 5.74) is 3.97. The fraction of sp³-hybridized carbons (Fsp3) is 0.536. The molecule has 2 N–H and O–H groups in total. The molecule has 0 aromatic heterocycles. The number of rotatable bonds is 6. The van der Waals surface area contributed by atoms with E-state index in [-0.39, 0.29) is 6.10 Å². The lowest BCUT2D eigenvalue weighted by molar-refractivity contribution is -0.0265. The number of benzene rings is 2. The zero-order valence-corrected chi connectivity index (χ0v) is 20.5. The number of nitrogens with zero attached hydrogens (tertiary/aromatic N) is 2. The third-order valence-corrected chi connectivity index (χ3v) is 7.19. The highest BCUT2D eigenvalue weighted by Crippen LogP contribution is 2.33. The van der Waals surface area contributed by atoms with Crippen LogP contribution in [0.5, 0.6) is 0 Å². The predicted octanol–water partition coefficient (Wildman–Crippen LogP) is 4.68. The molecule has 2 aliphatic rings. The Morgan fingerprint density at radius 3 is 2.61 bits per heavy atom. The average molecular weight is 449 g/mol. The Balaban J connectivity index is 1.27. The number of aryl methyl sites for hydroxylation is 1. The molecule has 0 saturated carbocycles. The Kier molecular flexibility index (Phi) is 8.40. The van der Waals surface area contributed by atoms with Gasteiger partial charge < -0.3 is 15.4 Å². The lowest BCUT2D eigenvalue weighted by Crippen LogP contribution is -2.52. The number of likely N-dealkylation sites (tertiary alicyclic amines) is 1. The smallest absolute Gasteiger partial charge is 0.191 e. The molecule has 0 radical (unpaired) electrons. The first kappa shape index (κ1) is 23.8. The van der Waals surface area contributed by atoms with Gasteiger partial charge >= 0.3 is 0 Å². The van der Waals surface area contributed by atoms with E-state index in [1.807, 2.05) is 7.05 Å². The fourth-order valence-electron chi connectivity index (χ4n) is 5.20. The molecule has 5 nitrogen and oxygen atoms in total. The van der Waals surface area contributed by atoms with Gasteiger partial charge in [-0.15, -0.1) is 0 Å². The fourth-order valence-corrected chi connectivity index (χ4v) is 5.20. The molecule has 178 valence electrons. The van der Waals surface area contributed by atoms with Crippen molar-refractivity contribution in [1.82, 2.24) is 15.5 Å². The summed E-state index contributed by atoms with van der Waals surface area (Å²) in [5.74, 6) is 1.36. The van der Waals surface area contributed by atoms with E-state index < -0.39 is 0 Å². The van der Waals surface area contributed by atoms with E-state index in [4.69, 9.17) is 4.74 Å². The van der Waals surface area contributed by atoms with Crippen LogP contribution in [0.25, 0.3) is 0 Å². The number of hydrogen-bond donors (Lipinski definition) is 2. The third kappa shape index (κ3) is 6.58. The zero-order chi connectivity index (χ0) is 23.0. The quantitative estimate of drug-likeness (QED) is 0.498. The van der Waals surface area contributed by atoms with Crippen molar-refractivity contribution in [3.63, 3.8) is 0 Å². The van der Waals surface area contributed by atoms with Crippen molar-refractivity contribution in [2.75, 3.05) is 26.7 Å². The van der Waals surface area contributed by atoms with Gasteiger partial charge in [0.05, 0.1) is 6.10 Å². The van der Waals surface area contributed by atoms with Gasteiger partial charge in [0.25, 0.3) is 0 Å². The number of piperidine rings is 1. The molecule has 4 atom stereocenters. The molecule has 2 fully saturated rings. The van der Waals surface area contributed by atoms with E-state index in [1.165, 1.54) is 23.1 Å². The normalized spacial score (nSPS) is 26.7. The minimum atomic E-state index is 0.159. The number of aliphatic imine (C=N–C) groups is 1. The highest BCUT2D eigenvalue weighted by molar-refractivity contribution is 5.80. The van der Waals surface area contributed by atoms with Crippen LogP contribution in [-0.4, -0.2) is 49.7 Å². The van der Waals surface area contributed by atoms with Gasteiger partial charge in [0, 0.05) is 51.3 Å². The van der Waals surface area contributed by atoms with Crippen LogP contribution < -0.4 is 10.6 Å². The standard InChI is InChI=1S/C28H40N4O/c1-21-11-13-24(14-12-21)27-25(10-7-17-33-27)19-30-28(29-3)31-26-15-16-32(22(2)18-26)20-23-8-5-4-6-9-23/h4-6,8-9,11-14,22,25-27H,7,10,15-20H2,1-3H3,(H2,29,30,31). The van der Waals surface area contributed by atoms with Gasteiger partial charge in [-0.2, -0.15) is 0 Å². The molecule has 4 rings (SSSR count). The van der Waals surface area contributed by atoms with Crippen LogP contribution in [-0.2, 0) is 11.3 Å². The molecule has 2 heterocycles. The van der Waals surface area contributed by atoms with Crippen LogP contribution in [0.1, 0.15) is 55.4 Å². The summed E-state index contributed by atoms with van der Waals surface area (Å²) >= 11 is 0. The summed E-state index contributed by atoms with van der Waals surface area (Å²) in [6, 6.07) is 20.6. The average Bonchev–Trinajstić information content (AvgIpc) is 2.85. The Morgan fingerprint density at radius 2 is 1.88 bits per heavy atom. The Hall–Kier alpha value is -2.37. The summed E-state index contributed by atoms with van der Waals surface area (Å²) in [5, 5.41) is 7.30. The molecular formula is C28H40N4O. The first-order valence-electron chi connectivity index (χ1n) is 12.6. The van der Waals surface area contributed by atoms with Crippen molar-refractivity contribution in [2.45, 2.75) is 64.3 Å². The van der Waals surface area contributed by atoms with Gasteiger partial charge in [0.15, 0.2) is 5.96 Å². The second-order valence-corrected chi connectivity index (χ2v) is 9.73. The van der Waals surface area contributed by atoms with Crippen molar-refractivity contribution < 1.29 is 4.74 Å². The van der Waals surface area contributed by atoms with Gasteiger partial charge in [0.2, 0.25) is 0 Å².